The molecule has 1 aliphatic heterocycles. The van der Waals surface area contributed by atoms with Crippen LogP contribution >= 0.6 is 11.6 Å². The molecular formula is C19H27ClN2O4. The van der Waals surface area contributed by atoms with E-state index in [1.54, 1.807) is 23.1 Å². The molecule has 0 aromatic heterocycles. The summed E-state index contributed by atoms with van der Waals surface area (Å²) in [5.41, 5.74) is 0.887. The number of ether oxygens (including phenoxy) is 1. The Hall–Kier alpha value is -1.79. The predicted molar refractivity (Wildman–Crippen MR) is 100 cm³/mol. The molecule has 0 unspecified atom stereocenters. The van der Waals surface area contributed by atoms with Crippen molar-refractivity contribution in [2.75, 3.05) is 19.7 Å². The molecule has 6 nitrogen and oxygen atoms in total. The van der Waals surface area contributed by atoms with Crippen molar-refractivity contribution in [3.8, 4) is 5.75 Å². The number of aliphatic hydroxyl groups is 1. The number of amides is 2. The van der Waals surface area contributed by atoms with Crippen LogP contribution < -0.4 is 10.1 Å². The van der Waals surface area contributed by atoms with Crippen LogP contribution in [0.3, 0.4) is 0 Å². The Morgan fingerprint density at radius 3 is 2.69 bits per heavy atom. The van der Waals surface area contributed by atoms with Crippen LogP contribution in [0.2, 0.25) is 5.02 Å². The van der Waals surface area contributed by atoms with Gasteiger partial charge in [-0.3, -0.25) is 9.59 Å². The Bertz CT molecular complexity index is 650. The molecule has 26 heavy (non-hydrogen) atoms. The van der Waals surface area contributed by atoms with E-state index in [0.717, 1.165) is 5.56 Å². The lowest BCUT2D eigenvalue weighted by molar-refractivity contribution is -0.133. The molecule has 0 radical (unpaired) electrons. The van der Waals surface area contributed by atoms with Crippen LogP contribution in [0.1, 0.15) is 32.3 Å². The fourth-order valence-corrected chi connectivity index (χ4v) is 2.92. The molecule has 0 aliphatic carbocycles. The largest absolute Gasteiger partial charge is 0.484 e. The maximum absolute atomic E-state index is 12.4. The zero-order valence-electron chi connectivity index (χ0n) is 15.5. The van der Waals surface area contributed by atoms with Crippen molar-refractivity contribution >= 4 is 23.4 Å². The van der Waals surface area contributed by atoms with Crippen LogP contribution in [-0.4, -0.2) is 53.7 Å². The summed E-state index contributed by atoms with van der Waals surface area (Å²) in [6.45, 7) is 6.34. The molecule has 1 fully saturated rings. The molecule has 144 valence electrons. The van der Waals surface area contributed by atoms with Gasteiger partial charge in [0.05, 0.1) is 12.1 Å². The van der Waals surface area contributed by atoms with Crippen molar-refractivity contribution in [3.63, 3.8) is 0 Å². The molecule has 1 saturated heterocycles. The quantitative estimate of drug-likeness (QED) is 0.817. The van der Waals surface area contributed by atoms with E-state index in [-0.39, 0.29) is 30.4 Å². The summed E-state index contributed by atoms with van der Waals surface area (Å²) in [6, 6.07) is 4.93. The van der Waals surface area contributed by atoms with Gasteiger partial charge >= 0.3 is 0 Å². The average Bonchev–Trinajstić information content (AvgIpc) is 2.78. The van der Waals surface area contributed by atoms with Gasteiger partial charge in [0.15, 0.2) is 6.61 Å². The Kier molecular flexibility index (Phi) is 7.29. The normalized spacial score (nSPS) is 20.6. The molecule has 7 heteroatoms. The topological polar surface area (TPSA) is 78.9 Å². The molecule has 2 rings (SSSR count). The Labute approximate surface area is 159 Å². The van der Waals surface area contributed by atoms with Gasteiger partial charge < -0.3 is 20.1 Å². The van der Waals surface area contributed by atoms with Gasteiger partial charge in [0, 0.05) is 24.0 Å². The molecular weight excluding hydrogens is 356 g/mol. The number of rotatable bonds is 5. The minimum atomic E-state index is -0.657. The minimum Gasteiger partial charge on any atom is -0.484 e. The summed E-state index contributed by atoms with van der Waals surface area (Å²) in [7, 11) is 0. The first-order chi connectivity index (χ1) is 12.3. The summed E-state index contributed by atoms with van der Waals surface area (Å²) in [4.78, 5) is 26.0. The second-order valence-electron chi connectivity index (χ2n) is 6.99. The van der Waals surface area contributed by atoms with E-state index >= 15 is 0 Å². The molecule has 1 aromatic carbocycles. The standard InChI is InChI=1S/C19H27ClN2O4/c1-12(2)19(25)21-16-6-8-22(9-7-17(16)23)18(24)11-26-14-4-5-15(20)13(3)10-14/h4-5,10,12,16-17,23H,6-9,11H2,1-3H3,(H,21,25)/t16-,17-/m0/s1. The van der Waals surface area contributed by atoms with E-state index in [2.05, 4.69) is 5.32 Å². The van der Waals surface area contributed by atoms with Gasteiger partial charge in [0.25, 0.3) is 5.91 Å². The van der Waals surface area contributed by atoms with Gasteiger partial charge in [-0.1, -0.05) is 25.4 Å². The van der Waals surface area contributed by atoms with Gasteiger partial charge in [-0.05, 0) is 43.5 Å². The minimum absolute atomic E-state index is 0.0693. The van der Waals surface area contributed by atoms with E-state index in [0.29, 0.717) is 36.7 Å². The summed E-state index contributed by atoms with van der Waals surface area (Å²) in [6.07, 6.45) is 0.288. The van der Waals surface area contributed by atoms with E-state index in [9.17, 15) is 14.7 Å². The highest BCUT2D eigenvalue weighted by Gasteiger charge is 2.28. The number of nitrogens with zero attached hydrogens (tertiary/aromatic N) is 1. The average molecular weight is 383 g/mol. The highest BCUT2D eigenvalue weighted by Crippen LogP contribution is 2.21. The first-order valence-corrected chi connectivity index (χ1v) is 9.31. The van der Waals surface area contributed by atoms with E-state index in [1.807, 2.05) is 20.8 Å². The third-order valence-electron chi connectivity index (χ3n) is 4.57. The molecule has 0 spiro atoms. The summed E-state index contributed by atoms with van der Waals surface area (Å²) >= 11 is 5.98. The SMILES string of the molecule is Cc1cc(OCC(=O)N2CC[C@H](NC(=O)C(C)C)[C@@H](O)CC2)ccc1Cl. The Morgan fingerprint density at radius 2 is 2.04 bits per heavy atom. The van der Waals surface area contributed by atoms with Crippen molar-refractivity contribution in [2.24, 2.45) is 5.92 Å². The van der Waals surface area contributed by atoms with Gasteiger partial charge in [-0.25, -0.2) is 0 Å². The number of likely N-dealkylation sites (tertiary alicyclic amines) is 1. The van der Waals surface area contributed by atoms with Crippen molar-refractivity contribution in [2.45, 2.75) is 45.8 Å². The van der Waals surface area contributed by atoms with Crippen LogP contribution in [0.4, 0.5) is 0 Å². The highest BCUT2D eigenvalue weighted by molar-refractivity contribution is 6.31. The number of aryl methyl sites for hydroxylation is 1. The fraction of sp³-hybridized carbons (Fsp3) is 0.579. The maximum atomic E-state index is 12.4. The lowest BCUT2D eigenvalue weighted by atomic mass is 10.1. The highest BCUT2D eigenvalue weighted by atomic mass is 35.5. The number of carbonyl (C=O) groups excluding carboxylic acids is 2. The third kappa shape index (κ3) is 5.61. The van der Waals surface area contributed by atoms with Gasteiger partial charge in [-0.15, -0.1) is 0 Å². The van der Waals surface area contributed by atoms with Crippen LogP contribution in [-0.2, 0) is 9.59 Å². The van der Waals surface area contributed by atoms with Crippen molar-refractivity contribution < 1.29 is 19.4 Å². The number of hydrogen-bond acceptors (Lipinski definition) is 4. The monoisotopic (exact) mass is 382 g/mol. The maximum Gasteiger partial charge on any atom is 0.260 e. The van der Waals surface area contributed by atoms with E-state index < -0.39 is 6.10 Å². The molecule has 1 heterocycles. The molecule has 1 aliphatic rings. The van der Waals surface area contributed by atoms with E-state index in [4.69, 9.17) is 16.3 Å². The number of benzene rings is 1. The van der Waals surface area contributed by atoms with Gasteiger partial charge in [-0.2, -0.15) is 0 Å². The van der Waals surface area contributed by atoms with Crippen LogP contribution in [0.25, 0.3) is 0 Å². The van der Waals surface area contributed by atoms with Crippen LogP contribution in [0, 0.1) is 12.8 Å². The van der Waals surface area contributed by atoms with Crippen LogP contribution in [0.5, 0.6) is 5.75 Å². The number of aliphatic hydroxyl groups excluding tert-OH is 1. The van der Waals surface area contributed by atoms with Gasteiger partial charge in [0.2, 0.25) is 5.91 Å². The first kappa shape index (κ1) is 20.5. The first-order valence-electron chi connectivity index (χ1n) is 8.93. The predicted octanol–water partition coefficient (Wildman–Crippen LogP) is 2.15. The van der Waals surface area contributed by atoms with Gasteiger partial charge in [0.1, 0.15) is 5.75 Å². The third-order valence-corrected chi connectivity index (χ3v) is 4.99. The molecule has 1 aromatic rings. The van der Waals surface area contributed by atoms with Crippen LogP contribution in [0.15, 0.2) is 18.2 Å². The second-order valence-corrected chi connectivity index (χ2v) is 7.40. The Morgan fingerprint density at radius 1 is 1.35 bits per heavy atom. The Balaban J connectivity index is 1.87. The van der Waals surface area contributed by atoms with Crippen molar-refractivity contribution in [1.29, 1.82) is 0 Å². The summed E-state index contributed by atoms with van der Waals surface area (Å²) in [5, 5.41) is 13.8. The summed E-state index contributed by atoms with van der Waals surface area (Å²) in [5.74, 6) is 0.229. The molecule has 2 N–H and O–H groups in total. The summed E-state index contributed by atoms with van der Waals surface area (Å²) < 4.78 is 5.57. The van der Waals surface area contributed by atoms with E-state index in [1.165, 1.54) is 0 Å². The zero-order valence-corrected chi connectivity index (χ0v) is 16.3. The lowest BCUT2D eigenvalue weighted by Gasteiger charge is -2.22. The fourth-order valence-electron chi connectivity index (χ4n) is 2.80. The molecule has 2 atom stereocenters. The molecule has 2 amide bonds. The molecule has 0 bridgehead atoms. The number of nitrogens with one attached hydrogen (secondary N) is 1. The number of halogens is 1. The lowest BCUT2D eigenvalue weighted by Crippen LogP contribution is -2.44. The molecule has 0 saturated carbocycles. The van der Waals surface area contributed by atoms with Crippen molar-refractivity contribution in [1.82, 2.24) is 10.2 Å². The second kappa shape index (κ2) is 9.24. The smallest absolute Gasteiger partial charge is 0.260 e. The number of carbonyl (C=O) groups is 2. The number of hydrogen-bond donors (Lipinski definition) is 2. The van der Waals surface area contributed by atoms with Crippen molar-refractivity contribution in [3.05, 3.63) is 28.8 Å². The zero-order chi connectivity index (χ0) is 19.3.